The van der Waals surface area contributed by atoms with Crippen LogP contribution >= 0.6 is 0 Å². The first-order chi connectivity index (χ1) is 26.6. The Morgan fingerprint density at radius 1 is 0.418 bits per heavy atom. The van der Waals surface area contributed by atoms with Crippen molar-refractivity contribution in [1.82, 2.24) is 0 Å². The van der Waals surface area contributed by atoms with Gasteiger partial charge in [-0.05, 0) is 108 Å². The number of rotatable bonds is 15. The van der Waals surface area contributed by atoms with E-state index in [4.69, 9.17) is 5.73 Å². The van der Waals surface area contributed by atoms with E-state index in [1.807, 2.05) is 24.3 Å². The first-order valence-corrected chi connectivity index (χ1v) is 19.3. The Kier molecular flexibility index (Phi) is 17.8. The Morgan fingerprint density at radius 3 is 1.07 bits per heavy atom. The van der Waals surface area contributed by atoms with Crippen molar-refractivity contribution >= 4 is 47.1 Å². The lowest BCUT2D eigenvalue weighted by Crippen LogP contribution is -2.10. The second-order valence-corrected chi connectivity index (χ2v) is 13.4. The van der Waals surface area contributed by atoms with Crippen LogP contribution in [0.5, 0.6) is 0 Å². The summed E-state index contributed by atoms with van der Waals surface area (Å²) in [5, 5.41) is 0. The number of anilines is 4. The van der Waals surface area contributed by atoms with E-state index in [-0.39, 0.29) is 8.85 Å². The summed E-state index contributed by atoms with van der Waals surface area (Å²) in [4.78, 5) is 2.33. The first-order valence-electron chi connectivity index (χ1n) is 19.3. The zero-order valence-corrected chi connectivity index (χ0v) is 31.9. The van der Waals surface area contributed by atoms with Crippen LogP contribution in [0, 0.1) is 0 Å². The van der Waals surface area contributed by atoms with Crippen molar-refractivity contribution in [1.29, 1.82) is 0 Å². The molecular weight excluding hydrogens is 665 g/mol. The average Bonchev–Trinajstić information content (AvgIpc) is 3.23. The van der Waals surface area contributed by atoms with Crippen molar-refractivity contribution < 1.29 is 1.43 Å². The lowest BCUT2D eigenvalue weighted by Gasteiger charge is -2.26. The molecule has 0 atom stereocenters. The second-order valence-electron chi connectivity index (χ2n) is 13.4. The summed E-state index contributed by atoms with van der Waals surface area (Å²) in [6, 6.07) is 55.4. The van der Waals surface area contributed by atoms with Gasteiger partial charge in [0.25, 0.3) is 0 Å². The molecule has 0 unspecified atom stereocenters. The van der Waals surface area contributed by atoms with E-state index in [9.17, 15) is 0 Å². The number of benzene rings is 6. The summed E-state index contributed by atoms with van der Waals surface area (Å²) in [5.74, 6) is 0. The Morgan fingerprint density at radius 2 is 0.727 bits per heavy atom. The van der Waals surface area contributed by atoms with E-state index in [0.29, 0.717) is 0 Å². The smallest absolute Gasteiger partial charge is 0.0462 e. The molecule has 0 aliphatic rings. The molecule has 0 fully saturated rings. The van der Waals surface area contributed by atoms with Gasteiger partial charge in [-0.25, -0.2) is 0 Å². The van der Waals surface area contributed by atoms with Crippen LogP contribution < -0.4 is 10.6 Å². The first kappa shape index (κ1) is 41.6. The maximum atomic E-state index is 5.56. The Labute approximate surface area is 333 Å². The van der Waals surface area contributed by atoms with Crippen LogP contribution in [0.3, 0.4) is 0 Å². The van der Waals surface area contributed by atoms with E-state index in [2.05, 4.69) is 201 Å². The molecule has 282 valence electrons. The van der Waals surface area contributed by atoms with Gasteiger partial charge in [-0.1, -0.05) is 192 Å². The molecule has 0 aliphatic heterocycles. The van der Waals surface area contributed by atoms with E-state index in [0.717, 1.165) is 29.2 Å². The molecule has 0 amide bonds. The summed E-state index contributed by atoms with van der Waals surface area (Å²) in [7, 11) is 0. The van der Waals surface area contributed by atoms with Gasteiger partial charge in [0.15, 0.2) is 0 Å². The molecule has 0 saturated heterocycles. The lowest BCUT2D eigenvalue weighted by molar-refractivity contribution is 0.795. The van der Waals surface area contributed by atoms with Gasteiger partial charge in [0.1, 0.15) is 0 Å². The molecular formula is C53H60N2. The van der Waals surface area contributed by atoms with Gasteiger partial charge in [-0.2, -0.15) is 0 Å². The van der Waals surface area contributed by atoms with Crippen LogP contribution in [0.4, 0.5) is 22.7 Å². The number of allylic oxidation sites excluding steroid dienone is 4. The second kappa shape index (κ2) is 23.5. The van der Waals surface area contributed by atoms with Crippen LogP contribution in [-0.4, -0.2) is 0 Å². The van der Waals surface area contributed by atoms with Gasteiger partial charge in [0.05, 0.1) is 0 Å². The fourth-order valence-electron chi connectivity index (χ4n) is 5.97. The highest BCUT2D eigenvalue weighted by molar-refractivity contribution is 5.78. The third-order valence-corrected chi connectivity index (χ3v) is 9.09. The minimum atomic E-state index is 0. The van der Waals surface area contributed by atoms with Crippen molar-refractivity contribution in [3.63, 3.8) is 0 Å². The van der Waals surface area contributed by atoms with Crippen molar-refractivity contribution in [3.05, 3.63) is 215 Å². The van der Waals surface area contributed by atoms with E-state index >= 15 is 0 Å². The third kappa shape index (κ3) is 14.3. The zero-order valence-electron chi connectivity index (χ0n) is 31.9. The maximum absolute atomic E-state index is 5.56. The zero-order chi connectivity index (χ0) is 37.6. The highest BCUT2D eigenvalue weighted by Crippen LogP contribution is 2.35. The number of unbranched alkanes of at least 4 members (excludes halogenated alkanes) is 2. The van der Waals surface area contributed by atoms with Gasteiger partial charge in [0.2, 0.25) is 0 Å². The predicted octanol–water partition coefficient (Wildman–Crippen LogP) is 15.4. The van der Waals surface area contributed by atoms with Crippen LogP contribution in [0.1, 0.15) is 81.8 Å². The molecule has 2 heteroatoms. The molecule has 0 radical (unpaired) electrons. The monoisotopic (exact) mass is 724 g/mol. The number of nitrogens with zero attached hydrogens (tertiary/aromatic N) is 1. The van der Waals surface area contributed by atoms with Crippen molar-refractivity contribution in [2.24, 2.45) is 0 Å². The molecule has 0 saturated carbocycles. The maximum Gasteiger partial charge on any atom is 0.0462 e. The number of nitrogens with two attached hydrogens (primary N) is 1. The molecule has 55 heavy (non-hydrogen) atoms. The Balaban J connectivity index is 0.000000560. The van der Waals surface area contributed by atoms with Gasteiger partial charge in [-0.15, -0.1) is 0 Å². The highest BCUT2D eigenvalue weighted by Gasteiger charge is 2.12. The van der Waals surface area contributed by atoms with Crippen LogP contribution in [-0.2, 0) is 12.8 Å². The topological polar surface area (TPSA) is 29.3 Å². The third-order valence-electron chi connectivity index (χ3n) is 9.09. The molecule has 0 bridgehead atoms. The lowest BCUT2D eigenvalue weighted by atomic mass is 10.1. The summed E-state index contributed by atoms with van der Waals surface area (Å²) in [5.41, 5.74) is 17.3. The Bertz CT molecular complexity index is 1940. The summed E-state index contributed by atoms with van der Waals surface area (Å²) >= 11 is 0. The molecule has 0 aromatic heterocycles. The number of hydrogen-bond donors (Lipinski definition) is 1. The Hall–Kier alpha value is -6.12. The molecule has 2 N–H and O–H groups in total. The molecule has 0 aliphatic carbocycles. The molecule has 6 aromatic carbocycles. The van der Waals surface area contributed by atoms with Crippen LogP contribution in [0.15, 0.2) is 182 Å². The van der Waals surface area contributed by atoms with Crippen molar-refractivity contribution in [2.75, 3.05) is 10.6 Å². The molecule has 2 nitrogen and oxygen atoms in total. The van der Waals surface area contributed by atoms with E-state index in [1.54, 1.807) is 0 Å². The SMILES string of the molecule is C.CCCCc1ccc(N(c2ccc(/C=C/C=C/c3ccccc3)cc2)c2ccc(/C=C/C=C/c3ccccc3)cc2)cc1.CCCCc1ccc(N)cc1.[HH]. The number of aryl methyl sites for hydroxylation is 2. The standard InChI is InChI=1S/C42H39N.C10H15N.CH4.H2/c1-2-3-14-37-23-29-40(30-24-37)43(41-31-25-38(26-32-41)21-12-10-19-35-15-6-4-7-16-35)42-33-27-39(28-34-42)22-13-11-20-36-17-8-5-9-18-36;1-2-3-4-9-5-7-10(11)8-6-9;;/h4-13,15-34H,2-3,14H2,1H3;5-8H,2-4,11H2,1H3;1H4;1H/b19-10+,20-11+,21-12+,22-13+;;;. The summed E-state index contributed by atoms with van der Waals surface area (Å²) in [6.45, 7) is 4.45. The van der Waals surface area contributed by atoms with Crippen LogP contribution in [0.25, 0.3) is 24.3 Å². The van der Waals surface area contributed by atoms with Gasteiger partial charge >= 0.3 is 0 Å². The van der Waals surface area contributed by atoms with E-state index < -0.39 is 0 Å². The fraction of sp³-hybridized carbons (Fsp3) is 0.170. The largest absolute Gasteiger partial charge is 0.399 e. The van der Waals surface area contributed by atoms with Crippen LogP contribution in [0.2, 0.25) is 0 Å². The van der Waals surface area contributed by atoms with E-state index in [1.165, 1.54) is 65.5 Å². The summed E-state index contributed by atoms with van der Waals surface area (Å²) in [6.07, 6.45) is 24.1. The molecule has 0 spiro atoms. The highest BCUT2D eigenvalue weighted by atomic mass is 15.1. The van der Waals surface area contributed by atoms with Crippen molar-refractivity contribution in [3.8, 4) is 0 Å². The number of nitrogen functional groups attached to an aromatic ring is 1. The molecule has 0 heterocycles. The quantitative estimate of drug-likeness (QED) is 0.0844. The van der Waals surface area contributed by atoms with Gasteiger partial charge in [0, 0.05) is 24.2 Å². The van der Waals surface area contributed by atoms with Gasteiger partial charge < -0.3 is 10.6 Å². The van der Waals surface area contributed by atoms with Gasteiger partial charge in [-0.3, -0.25) is 0 Å². The normalized spacial score (nSPS) is 11.2. The van der Waals surface area contributed by atoms with Crippen molar-refractivity contribution in [2.45, 2.75) is 59.8 Å². The molecule has 6 aromatic rings. The molecule has 6 rings (SSSR count). The average molecular weight is 725 g/mol. The minimum absolute atomic E-state index is 0. The fourth-order valence-corrected chi connectivity index (χ4v) is 5.97. The minimum Gasteiger partial charge on any atom is -0.399 e. The number of hydrogen-bond acceptors (Lipinski definition) is 2. The summed E-state index contributed by atoms with van der Waals surface area (Å²) < 4.78 is 0. The predicted molar refractivity (Wildman–Crippen MR) is 247 cm³/mol.